The molecule has 1 unspecified atom stereocenters. The van der Waals surface area contributed by atoms with E-state index in [9.17, 15) is 28.0 Å². The summed E-state index contributed by atoms with van der Waals surface area (Å²) >= 11 is 0. The molecule has 0 spiro atoms. The van der Waals surface area contributed by atoms with Crippen molar-refractivity contribution in [2.75, 3.05) is 5.75 Å². The molecule has 23 heavy (non-hydrogen) atoms. The molecule has 0 bridgehead atoms. The van der Waals surface area contributed by atoms with Crippen LogP contribution in [-0.2, 0) is 15.4 Å². The summed E-state index contributed by atoms with van der Waals surface area (Å²) in [6.07, 6.45) is 0. The van der Waals surface area contributed by atoms with Crippen LogP contribution in [-0.4, -0.2) is 24.2 Å². The second-order valence-corrected chi connectivity index (χ2v) is 7.28. The second kappa shape index (κ2) is 6.05. The Labute approximate surface area is 132 Å². The van der Waals surface area contributed by atoms with Gasteiger partial charge in [0, 0.05) is 12.1 Å². The lowest BCUT2D eigenvalue weighted by atomic mass is 9.98. The Hall–Kier alpha value is -2.32. The van der Waals surface area contributed by atoms with Gasteiger partial charge in [-0.05, 0) is 48.9 Å². The first kappa shape index (κ1) is 17.0. The van der Waals surface area contributed by atoms with Crippen LogP contribution in [0.1, 0.15) is 12.5 Å². The number of benzene rings is 2. The topological polar surface area (TPSA) is 97.5 Å². The highest BCUT2D eigenvalue weighted by atomic mass is 32.2. The number of nitro benzene ring substituents is 1. The molecule has 0 radical (unpaired) electrons. The van der Waals surface area contributed by atoms with E-state index in [4.69, 9.17) is 0 Å². The Morgan fingerprint density at radius 2 is 1.65 bits per heavy atom. The molecule has 0 aliphatic heterocycles. The lowest BCUT2D eigenvalue weighted by Crippen LogP contribution is -2.31. The van der Waals surface area contributed by atoms with Gasteiger partial charge in [-0.3, -0.25) is 10.1 Å². The summed E-state index contributed by atoms with van der Waals surface area (Å²) in [5, 5.41) is 21.1. The smallest absolute Gasteiger partial charge is 0.269 e. The van der Waals surface area contributed by atoms with Crippen molar-refractivity contribution in [3.63, 3.8) is 0 Å². The molecule has 0 fully saturated rings. The predicted molar refractivity (Wildman–Crippen MR) is 81.1 cm³/mol. The minimum absolute atomic E-state index is 0.110. The highest BCUT2D eigenvalue weighted by molar-refractivity contribution is 7.91. The third-order valence-corrected chi connectivity index (χ3v) is 5.28. The fourth-order valence-electron chi connectivity index (χ4n) is 2.12. The molecule has 0 saturated carbocycles. The number of sulfone groups is 1. The Kier molecular flexibility index (Phi) is 4.49. The van der Waals surface area contributed by atoms with Crippen molar-refractivity contribution >= 4 is 15.5 Å². The predicted octanol–water partition coefficient (Wildman–Crippen LogP) is 2.42. The quantitative estimate of drug-likeness (QED) is 0.512. The highest BCUT2D eigenvalue weighted by Gasteiger charge is 2.31. The van der Waals surface area contributed by atoms with E-state index in [1.54, 1.807) is 0 Å². The van der Waals surface area contributed by atoms with Gasteiger partial charge >= 0.3 is 0 Å². The van der Waals surface area contributed by atoms with Gasteiger partial charge in [-0.2, -0.15) is 0 Å². The number of nitro groups is 1. The molecule has 0 heterocycles. The van der Waals surface area contributed by atoms with Crippen LogP contribution in [0.5, 0.6) is 0 Å². The van der Waals surface area contributed by atoms with Gasteiger partial charge in [0.15, 0.2) is 9.84 Å². The van der Waals surface area contributed by atoms with Crippen LogP contribution in [0.4, 0.5) is 10.1 Å². The standard InChI is InChI=1S/C15H14FNO5S/c1-15(18,11-2-6-13(7-3-11)17(19)20)10-23(21,22)14-8-4-12(16)5-9-14/h2-9,18H,10H2,1H3. The first-order valence-electron chi connectivity index (χ1n) is 6.57. The maximum atomic E-state index is 12.9. The molecular formula is C15H14FNO5S. The van der Waals surface area contributed by atoms with Crippen LogP contribution in [0.25, 0.3) is 0 Å². The van der Waals surface area contributed by atoms with Crippen LogP contribution < -0.4 is 0 Å². The number of nitrogens with zero attached hydrogens (tertiary/aromatic N) is 1. The molecular weight excluding hydrogens is 325 g/mol. The van der Waals surface area contributed by atoms with Gasteiger partial charge in [0.1, 0.15) is 11.4 Å². The van der Waals surface area contributed by atoms with Crippen LogP contribution in [0.2, 0.25) is 0 Å². The number of halogens is 1. The van der Waals surface area contributed by atoms with Crippen molar-refractivity contribution < 1.29 is 22.8 Å². The van der Waals surface area contributed by atoms with Gasteiger partial charge in [-0.25, -0.2) is 12.8 Å². The maximum absolute atomic E-state index is 12.9. The summed E-state index contributed by atoms with van der Waals surface area (Å²) < 4.78 is 37.5. The summed E-state index contributed by atoms with van der Waals surface area (Å²) in [5.41, 5.74) is -1.68. The average Bonchev–Trinajstić information content (AvgIpc) is 2.46. The molecule has 2 aromatic carbocycles. The van der Waals surface area contributed by atoms with Crippen LogP contribution in [0.15, 0.2) is 53.4 Å². The molecule has 1 N–H and O–H groups in total. The normalized spacial score (nSPS) is 14.2. The van der Waals surface area contributed by atoms with Crippen molar-refractivity contribution in [2.24, 2.45) is 0 Å². The molecule has 122 valence electrons. The van der Waals surface area contributed by atoms with E-state index in [1.807, 2.05) is 0 Å². The lowest BCUT2D eigenvalue weighted by molar-refractivity contribution is -0.384. The zero-order valence-electron chi connectivity index (χ0n) is 12.1. The van der Waals surface area contributed by atoms with Crippen molar-refractivity contribution in [3.8, 4) is 0 Å². The van der Waals surface area contributed by atoms with Gasteiger partial charge < -0.3 is 5.11 Å². The van der Waals surface area contributed by atoms with E-state index in [0.29, 0.717) is 0 Å². The molecule has 2 rings (SSSR count). The molecule has 0 aliphatic carbocycles. The van der Waals surface area contributed by atoms with E-state index in [-0.39, 0.29) is 16.1 Å². The zero-order valence-corrected chi connectivity index (χ0v) is 13.0. The summed E-state index contributed by atoms with van der Waals surface area (Å²) in [6.45, 7) is 1.30. The lowest BCUT2D eigenvalue weighted by Gasteiger charge is -2.23. The SMILES string of the molecule is CC(O)(CS(=O)(=O)c1ccc(F)cc1)c1ccc([N+](=O)[O-])cc1. The largest absolute Gasteiger partial charge is 0.384 e. The third-order valence-electron chi connectivity index (χ3n) is 3.34. The van der Waals surface area contributed by atoms with Gasteiger partial charge in [0.2, 0.25) is 0 Å². The van der Waals surface area contributed by atoms with Crippen LogP contribution >= 0.6 is 0 Å². The van der Waals surface area contributed by atoms with Crippen LogP contribution in [0, 0.1) is 15.9 Å². The van der Waals surface area contributed by atoms with Gasteiger partial charge in [0.05, 0.1) is 15.6 Å². The summed E-state index contributed by atoms with van der Waals surface area (Å²) in [5.74, 6) is -1.20. The van der Waals surface area contributed by atoms with E-state index < -0.39 is 31.9 Å². The minimum atomic E-state index is -3.86. The fraction of sp³-hybridized carbons (Fsp3) is 0.200. The van der Waals surface area contributed by atoms with Gasteiger partial charge in [-0.15, -0.1) is 0 Å². The minimum Gasteiger partial charge on any atom is -0.384 e. The number of aliphatic hydroxyl groups is 1. The summed E-state index contributed by atoms with van der Waals surface area (Å²) in [7, 11) is -3.86. The molecule has 2 aromatic rings. The molecule has 8 heteroatoms. The molecule has 0 amide bonds. The molecule has 0 saturated heterocycles. The van der Waals surface area contributed by atoms with Crippen LogP contribution in [0.3, 0.4) is 0 Å². The average molecular weight is 339 g/mol. The Balaban J connectivity index is 2.29. The Bertz CT molecular complexity index is 814. The molecule has 6 nitrogen and oxygen atoms in total. The van der Waals surface area contributed by atoms with Crippen molar-refractivity contribution in [2.45, 2.75) is 17.4 Å². The van der Waals surface area contributed by atoms with E-state index in [1.165, 1.54) is 31.2 Å². The number of rotatable bonds is 5. The summed E-state index contributed by atoms with van der Waals surface area (Å²) in [6, 6.07) is 9.27. The highest BCUT2D eigenvalue weighted by Crippen LogP contribution is 2.27. The Morgan fingerprint density at radius 3 is 2.13 bits per heavy atom. The maximum Gasteiger partial charge on any atom is 0.269 e. The first-order chi connectivity index (χ1) is 10.6. The van der Waals surface area contributed by atoms with Crippen molar-refractivity contribution in [3.05, 3.63) is 70.0 Å². The fourth-order valence-corrected chi connectivity index (χ4v) is 3.74. The van der Waals surface area contributed by atoms with E-state index in [2.05, 4.69) is 0 Å². The number of hydrogen-bond acceptors (Lipinski definition) is 5. The van der Waals surface area contributed by atoms with Gasteiger partial charge in [-0.1, -0.05) is 0 Å². The third kappa shape index (κ3) is 3.91. The second-order valence-electron chi connectivity index (χ2n) is 5.29. The van der Waals surface area contributed by atoms with E-state index >= 15 is 0 Å². The zero-order chi connectivity index (χ0) is 17.3. The Morgan fingerprint density at radius 1 is 1.13 bits per heavy atom. The molecule has 0 aliphatic rings. The molecule has 1 atom stereocenters. The first-order valence-corrected chi connectivity index (χ1v) is 8.23. The van der Waals surface area contributed by atoms with E-state index in [0.717, 1.165) is 24.3 Å². The number of hydrogen-bond donors (Lipinski definition) is 1. The van der Waals surface area contributed by atoms with Gasteiger partial charge in [0.25, 0.3) is 5.69 Å². The summed E-state index contributed by atoms with van der Waals surface area (Å²) in [4.78, 5) is 9.92. The number of non-ortho nitro benzene ring substituents is 1. The van der Waals surface area contributed by atoms with Crippen molar-refractivity contribution in [1.29, 1.82) is 0 Å². The monoisotopic (exact) mass is 339 g/mol. The molecule has 0 aromatic heterocycles. The van der Waals surface area contributed by atoms with Crippen molar-refractivity contribution in [1.82, 2.24) is 0 Å².